The van der Waals surface area contributed by atoms with Crippen LogP contribution in [-0.4, -0.2) is 49.9 Å². The van der Waals surface area contributed by atoms with Crippen molar-refractivity contribution in [3.63, 3.8) is 0 Å². The van der Waals surface area contributed by atoms with Crippen molar-refractivity contribution in [3.8, 4) is 0 Å². The van der Waals surface area contributed by atoms with E-state index < -0.39 is 0 Å². The molecule has 0 bridgehead atoms. The van der Waals surface area contributed by atoms with Crippen molar-refractivity contribution >= 4 is 5.65 Å². The maximum absolute atomic E-state index is 12.2. The minimum Gasteiger partial charge on any atom is -0.374 e. The van der Waals surface area contributed by atoms with Gasteiger partial charge in [-0.05, 0) is 24.6 Å². The Labute approximate surface area is 145 Å². The molecule has 0 aromatic carbocycles. The van der Waals surface area contributed by atoms with Crippen molar-refractivity contribution in [2.75, 3.05) is 19.7 Å². The van der Waals surface area contributed by atoms with Gasteiger partial charge in [0.2, 0.25) is 0 Å². The van der Waals surface area contributed by atoms with E-state index in [0.29, 0.717) is 18.8 Å². The van der Waals surface area contributed by atoms with Gasteiger partial charge >= 0.3 is 0 Å². The Bertz CT molecular complexity index is 932. The van der Waals surface area contributed by atoms with Crippen LogP contribution in [0.1, 0.15) is 11.3 Å². The lowest BCUT2D eigenvalue weighted by Gasteiger charge is -2.32. The van der Waals surface area contributed by atoms with Gasteiger partial charge in [-0.2, -0.15) is 5.10 Å². The van der Waals surface area contributed by atoms with Gasteiger partial charge in [0.1, 0.15) is 5.65 Å². The summed E-state index contributed by atoms with van der Waals surface area (Å²) in [5, 5.41) is 4.33. The summed E-state index contributed by atoms with van der Waals surface area (Å²) in [6.45, 7) is 5.73. The molecule has 3 aromatic heterocycles. The highest BCUT2D eigenvalue weighted by Gasteiger charge is 2.21. The maximum Gasteiger partial charge on any atom is 0.258 e. The molecule has 0 aliphatic carbocycles. The first-order chi connectivity index (χ1) is 12.2. The van der Waals surface area contributed by atoms with Crippen molar-refractivity contribution in [3.05, 3.63) is 64.5 Å². The molecule has 25 heavy (non-hydrogen) atoms. The first-order valence-electron chi connectivity index (χ1n) is 8.48. The molecule has 7 nitrogen and oxygen atoms in total. The standard InChI is InChI=1S/C18H21N5O2/c1-14-9-19-22(10-14)13-16-12-21(6-7-25-16)11-15-8-18(24)23-5-3-2-4-17(23)20-15/h2-5,8-10,16H,6-7,11-13H2,1H3. The fourth-order valence-corrected chi connectivity index (χ4v) is 3.22. The van der Waals surface area contributed by atoms with Crippen LogP contribution in [0.5, 0.6) is 0 Å². The van der Waals surface area contributed by atoms with Gasteiger partial charge < -0.3 is 4.74 Å². The lowest BCUT2D eigenvalue weighted by atomic mass is 10.2. The molecule has 4 heterocycles. The van der Waals surface area contributed by atoms with E-state index in [1.165, 1.54) is 0 Å². The minimum absolute atomic E-state index is 0.0441. The molecule has 4 rings (SSSR count). The number of pyridine rings is 1. The van der Waals surface area contributed by atoms with Crippen LogP contribution < -0.4 is 5.56 Å². The molecule has 1 atom stereocenters. The van der Waals surface area contributed by atoms with Crippen molar-refractivity contribution in [1.82, 2.24) is 24.1 Å². The SMILES string of the molecule is Cc1cnn(CC2CN(Cc3cc(=O)n4ccccc4n3)CCO2)c1. The molecule has 0 spiro atoms. The highest BCUT2D eigenvalue weighted by Crippen LogP contribution is 2.11. The number of hydrogen-bond acceptors (Lipinski definition) is 5. The van der Waals surface area contributed by atoms with Gasteiger partial charge in [0.05, 0.1) is 31.1 Å². The highest BCUT2D eigenvalue weighted by molar-refractivity contribution is 5.37. The van der Waals surface area contributed by atoms with E-state index in [0.717, 1.165) is 30.9 Å². The number of morpholine rings is 1. The van der Waals surface area contributed by atoms with Crippen LogP contribution in [0.2, 0.25) is 0 Å². The van der Waals surface area contributed by atoms with Gasteiger partial charge in [-0.1, -0.05) is 6.07 Å². The number of hydrogen-bond donors (Lipinski definition) is 0. The summed E-state index contributed by atoms with van der Waals surface area (Å²) in [7, 11) is 0. The predicted molar refractivity (Wildman–Crippen MR) is 93.4 cm³/mol. The molecular weight excluding hydrogens is 318 g/mol. The van der Waals surface area contributed by atoms with Gasteiger partial charge in [-0.25, -0.2) is 4.98 Å². The largest absolute Gasteiger partial charge is 0.374 e. The Hall–Kier alpha value is -2.51. The molecule has 130 valence electrons. The molecule has 1 aliphatic rings. The van der Waals surface area contributed by atoms with Crippen LogP contribution in [0.15, 0.2) is 47.7 Å². The number of aryl methyl sites for hydroxylation is 1. The van der Waals surface area contributed by atoms with Crippen LogP contribution in [0, 0.1) is 6.92 Å². The molecule has 0 saturated carbocycles. The van der Waals surface area contributed by atoms with E-state index in [1.54, 1.807) is 16.7 Å². The zero-order valence-electron chi connectivity index (χ0n) is 14.2. The molecule has 1 aliphatic heterocycles. The Morgan fingerprint density at radius 3 is 3.12 bits per heavy atom. The lowest BCUT2D eigenvalue weighted by molar-refractivity contribution is -0.0405. The minimum atomic E-state index is -0.0441. The van der Waals surface area contributed by atoms with E-state index in [4.69, 9.17) is 4.74 Å². The van der Waals surface area contributed by atoms with Gasteiger partial charge in [0, 0.05) is 38.1 Å². The summed E-state index contributed by atoms with van der Waals surface area (Å²) in [5.74, 6) is 0. The monoisotopic (exact) mass is 339 g/mol. The Morgan fingerprint density at radius 1 is 1.36 bits per heavy atom. The van der Waals surface area contributed by atoms with Crippen LogP contribution in [0.4, 0.5) is 0 Å². The van der Waals surface area contributed by atoms with E-state index in [-0.39, 0.29) is 11.7 Å². The average Bonchev–Trinajstić information content (AvgIpc) is 3.00. The summed E-state index contributed by atoms with van der Waals surface area (Å²) in [4.78, 5) is 19.1. The first kappa shape index (κ1) is 16.0. The Morgan fingerprint density at radius 2 is 2.28 bits per heavy atom. The summed E-state index contributed by atoms with van der Waals surface area (Å²) in [5.41, 5.74) is 2.58. The highest BCUT2D eigenvalue weighted by atomic mass is 16.5. The normalized spacial score (nSPS) is 18.7. The third-order valence-corrected chi connectivity index (χ3v) is 4.39. The molecule has 1 fully saturated rings. The Balaban J connectivity index is 1.46. The van der Waals surface area contributed by atoms with E-state index in [9.17, 15) is 4.79 Å². The van der Waals surface area contributed by atoms with Crippen molar-refractivity contribution in [1.29, 1.82) is 0 Å². The first-order valence-corrected chi connectivity index (χ1v) is 8.48. The van der Waals surface area contributed by atoms with Gasteiger partial charge in [0.15, 0.2) is 0 Å². The van der Waals surface area contributed by atoms with E-state index in [1.807, 2.05) is 42.2 Å². The zero-order chi connectivity index (χ0) is 17.2. The quantitative estimate of drug-likeness (QED) is 0.712. The van der Waals surface area contributed by atoms with E-state index in [2.05, 4.69) is 15.0 Å². The van der Waals surface area contributed by atoms with E-state index >= 15 is 0 Å². The van der Waals surface area contributed by atoms with Crippen LogP contribution in [0.3, 0.4) is 0 Å². The summed E-state index contributed by atoms with van der Waals surface area (Å²) in [6, 6.07) is 7.20. The number of rotatable bonds is 4. The second-order valence-electron chi connectivity index (χ2n) is 6.48. The van der Waals surface area contributed by atoms with Crippen LogP contribution in [0.25, 0.3) is 5.65 Å². The Kier molecular flexibility index (Phi) is 4.33. The smallest absolute Gasteiger partial charge is 0.258 e. The summed E-state index contributed by atoms with van der Waals surface area (Å²) in [6.07, 6.45) is 5.71. The number of nitrogens with zero attached hydrogens (tertiary/aromatic N) is 5. The topological polar surface area (TPSA) is 64.7 Å². The zero-order valence-corrected chi connectivity index (χ0v) is 14.2. The number of fused-ring (bicyclic) bond motifs is 1. The third kappa shape index (κ3) is 3.62. The van der Waals surface area contributed by atoms with Crippen molar-refractivity contribution in [2.24, 2.45) is 0 Å². The molecule has 7 heteroatoms. The average molecular weight is 339 g/mol. The summed E-state index contributed by atoms with van der Waals surface area (Å²) >= 11 is 0. The fraction of sp³-hybridized carbons (Fsp3) is 0.389. The van der Waals surface area contributed by atoms with Crippen molar-refractivity contribution < 1.29 is 4.74 Å². The number of ether oxygens (including phenoxy) is 1. The fourth-order valence-electron chi connectivity index (χ4n) is 3.22. The molecule has 3 aromatic rings. The maximum atomic E-state index is 12.2. The third-order valence-electron chi connectivity index (χ3n) is 4.39. The molecule has 0 amide bonds. The van der Waals surface area contributed by atoms with Gasteiger partial charge in [0.25, 0.3) is 5.56 Å². The molecule has 0 N–H and O–H groups in total. The molecule has 1 saturated heterocycles. The predicted octanol–water partition coefficient (Wildman–Crippen LogP) is 1.10. The van der Waals surface area contributed by atoms with Crippen molar-refractivity contribution in [2.45, 2.75) is 26.1 Å². The van der Waals surface area contributed by atoms with Crippen LogP contribution >= 0.6 is 0 Å². The molecule has 0 radical (unpaired) electrons. The molecule has 1 unspecified atom stereocenters. The second-order valence-corrected chi connectivity index (χ2v) is 6.48. The second kappa shape index (κ2) is 6.78. The van der Waals surface area contributed by atoms with Gasteiger partial charge in [-0.15, -0.1) is 0 Å². The lowest BCUT2D eigenvalue weighted by Crippen LogP contribution is -2.44. The van der Waals surface area contributed by atoms with Crippen LogP contribution in [-0.2, 0) is 17.8 Å². The molecular formula is C18H21N5O2. The summed E-state index contributed by atoms with van der Waals surface area (Å²) < 4.78 is 9.35. The number of aromatic nitrogens is 4. The van der Waals surface area contributed by atoms with Gasteiger partial charge in [-0.3, -0.25) is 18.8 Å².